The van der Waals surface area contributed by atoms with Gasteiger partial charge in [0.1, 0.15) is 0 Å². The Kier molecular flexibility index (Phi) is 2.93. The molecule has 1 unspecified atom stereocenters. The quantitative estimate of drug-likeness (QED) is 0.784. The number of nitrogens with zero attached hydrogens (tertiary/aromatic N) is 1. The molecule has 1 aliphatic carbocycles. The second kappa shape index (κ2) is 4.03. The van der Waals surface area contributed by atoms with E-state index in [0.29, 0.717) is 0 Å². The number of halogens is 1. The van der Waals surface area contributed by atoms with Crippen molar-refractivity contribution in [2.24, 2.45) is 0 Å². The first kappa shape index (κ1) is 10.2. The molecule has 1 aliphatic rings. The molecule has 0 heterocycles. The summed E-state index contributed by atoms with van der Waals surface area (Å²) in [6.07, 6.45) is 2.56. The third-order valence-corrected chi connectivity index (χ3v) is 3.39. The molecule has 0 fully saturated rings. The molecule has 0 saturated carbocycles. The zero-order chi connectivity index (χ0) is 10.1. The second-order valence-electron chi connectivity index (χ2n) is 4.34. The maximum absolute atomic E-state index is 3.54. The van der Waals surface area contributed by atoms with Crippen LogP contribution >= 0.6 is 15.9 Å². The Labute approximate surface area is 94.2 Å². The van der Waals surface area contributed by atoms with E-state index in [1.807, 2.05) is 0 Å². The van der Waals surface area contributed by atoms with E-state index in [4.69, 9.17) is 0 Å². The van der Waals surface area contributed by atoms with Crippen LogP contribution in [0.5, 0.6) is 0 Å². The molecule has 76 valence electrons. The summed E-state index contributed by atoms with van der Waals surface area (Å²) in [5.41, 5.74) is 3.09. The van der Waals surface area contributed by atoms with Crippen molar-refractivity contribution in [1.29, 1.82) is 0 Å². The summed E-state index contributed by atoms with van der Waals surface area (Å²) in [4.78, 5) is 2.28. The van der Waals surface area contributed by atoms with E-state index < -0.39 is 0 Å². The topological polar surface area (TPSA) is 3.24 Å². The molecule has 0 aliphatic heterocycles. The summed E-state index contributed by atoms with van der Waals surface area (Å²) >= 11 is 3.54. The number of benzene rings is 1. The lowest BCUT2D eigenvalue weighted by Crippen LogP contribution is -2.18. The summed E-state index contributed by atoms with van der Waals surface area (Å²) in [6, 6.07) is 6.70. The Morgan fingerprint density at radius 3 is 2.93 bits per heavy atom. The standard InChI is InChI=1S/C12H16BrN/c1-14(2)8-10-4-3-9-5-6-11(13)7-12(9)10/h5-7,10H,3-4,8H2,1-2H3. The molecule has 0 N–H and O–H groups in total. The van der Waals surface area contributed by atoms with Crippen LogP contribution in [0.1, 0.15) is 23.5 Å². The van der Waals surface area contributed by atoms with Gasteiger partial charge in [-0.15, -0.1) is 0 Å². The molecule has 0 aromatic heterocycles. The Bertz CT molecular complexity index is 333. The van der Waals surface area contributed by atoms with Crippen LogP contribution in [0.2, 0.25) is 0 Å². The van der Waals surface area contributed by atoms with Crippen molar-refractivity contribution in [3.05, 3.63) is 33.8 Å². The third kappa shape index (κ3) is 2.01. The normalized spacial score (nSPS) is 20.1. The number of hydrogen-bond donors (Lipinski definition) is 0. The lowest BCUT2D eigenvalue weighted by Gasteiger charge is -2.17. The van der Waals surface area contributed by atoms with E-state index in [2.05, 4.69) is 53.1 Å². The van der Waals surface area contributed by atoms with Crippen molar-refractivity contribution in [1.82, 2.24) is 4.90 Å². The van der Waals surface area contributed by atoms with E-state index in [1.54, 1.807) is 11.1 Å². The van der Waals surface area contributed by atoms with Crippen LogP contribution in [0.15, 0.2) is 22.7 Å². The highest BCUT2D eigenvalue weighted by molar-refractivity contribution is 9.10. The molecular weight excluding hydrogens is 238 g/mol. The highest BCUT2D eigenvalue weighted by Crippen LogP contribution is 2.34. The van der Waals surface area contributed by atoms with Crippen molar-refractivity contribution < 1.29 is 0 Å². The average molecular weight is 254 g/mol. The third-order valence-electron chi connectivity index (χ3n) is 2.90. The minimum atomic E-state index is 0.734. The Balaban J connectivity index is 2.24. The first-order valence-electron chi connectivity index (χ1n) is 5.10. The van der Waals surface area contributed by atoms with Crippen molar-refractivity contribution in [3.63, 3.8) is 0 Å². The van der Waals surface area contributed by atoms with E-state index in [-0.39, 0.29) is 0 Å². The van der Waals surface area contributed by atoms with Gasteiger partial charge in [0.25, 0.3) is 0 Å². The van der Waals surface area contributed by atoms with Crippen LogP contribution in [-0.4, -0.2) is 25.5 Å². The summed E-state index contributed by atoms with van der Waals surface area (Å²) in [6.45, 7) is 1.17. The largest absolute Gasteiger partial charge is 0.309 e. The maximum atomic E-state index is 3.54. The molecule has 0 bridgehead atoms. The highest BCUT2D eigenvalue weighted by atomic mass is 79.9. The van der Waals surface area contributed by atoms with Gasteiger partial charge in [-0.25, -0.2) is 0 Å². The summed E-state index contributed by atoms with van der Waals surface area (Å²) in [5, 5.41) is 0. The maximum Gasteiger partial charge on any atom is 0.0178 e. The summed E-state index contributed by atoms with van der Waals surface area (Å²) in [7, 11) is 4.30. The van der Waals surface area contributed by atoms with Crippen LogP contribution in [0.3, 0.4) is 0 Å². The van der Waals surface area contributed by atoms with Crippen molar-refractivity contribution in [3.8, 4) is 0 Å². The van der Waals surface area contributed by atoms with Gasteiger partial charge in [-0.1, -0.05) is 22.0 Å². The number of hydrogen-bond acceptors (Lipinski definition) is 1. The molecule has 0 saturated heterocycles. The van der Waals surface area contributed by atoms with Crippen LogP contribution < -0.4 is 0 Å². The van der Waals surface area contributed by atoms with Crippen molar-refractivity contribution in [2.45, 2.75) is 18.8 Å². The van der Waals surface area contributed by atoms with E-state index in [1.165, 1.54) is 23.9 Å². The average Bonchev–Trinajstić information content (AvgIpc) is 2.47. The first-order chi connectivity index (χ1) is 6.66. The SMILES string of the molecule is CN(C)CC1CCc2ccc(Br)cc21. The Morgan fingerprint density at radius 2 is 2.21 bits per heavy atom. The van der Waals surface area contributed by atoms with Gasteiger partial charge in [0.15, 0.2) is 0 Å². The van der Waals surface area contributed by atoms with Gasteiger partial charge >= 0.3 is 0 Å². The van der Waals surface area contributed by atoms with E-state index >= 15 is 0 Å². The summed E-state index contributed by atoms with van der Waals surface area (Å²) in [5.74, 6) is 0.734. The van der Waals surface area contributed by atoms with Gasteiger partial charge in [0.05, 0.1) is 0 Å². The molecular formula is C12H16BrN. The Morgan fingerprint density at radius 1 is 1.43 bits per heavy atom. The zero-order valence-electron chi connectivity index (χ0n) is 8.76. The fourth-order valence-corrected chi connectivity index (χ4v) is 2.67. The fourth-order valence-electron chi connectivity index (χ4n) is 2.29. The van der Waals surface area contributed by atoms with Crippen molar-refractivity contribution in [2.75, 3.05) is 20.6 Å². The molecule has 0 amide bonds. The molecule has 1 atom stereocenters. The molecule has 14 heavy (non-hydrogen) atoms. The number of likely N-dealkylation sites (N-methyl/N-ethyl adjacent to an activating group) is 1. The second-order valence-corrected chi connectivity index (χ2v) is 5.26. The smallest absolute Gasteiger partial charge is 0.0178 e. The van der Waals surface area contributed by atoms with Gasteiger partial charge in [0.2, 0.25) is 0 Å². The molecule has 0 spiro atoms. The van der Waals surface area contributed by atoms with Gasteiger partial charge in [0, 0.05) is 11.0 Å². The molecule has 1 aromatic carbocycles. The van der Waals surface area contributed by atoms with Crippen LogP contribution in [0, 0.1) is 0 Å². The van der Waals surface area contributed by atoms with Crippen LogP contribution in [0.4, 0.5) is 0 Å². The Hall–Kier alpha value is -0.340. The predicted octanol–water partition coefficient (Wildman–Crippen LogP) is 3.04. The lowest BCUT2D eigenvalue weighted by atomic mass is 10.0. The van der Waals surface area contributed by atoms with Crippen LogP contribution in [0.25, 0.3) is 0 Å². The van der Waals surface area contributed by atoms with Crippen molar-refractivity contribution >= 4 is 15.9 Å². The molecule has 2 heteroatoms. The van der Waals surface area contributed by atoms with Gasteiger partial charge in [-0.3, -0.25) is 0 Å². The van der Waals surface area contributed by atoms with Gasteiger partial charge in [-0.05, 0) is 56.1 Å². The minimum absolute atomic E-state index is 0.734. The first-order valence-corrected chi connectivity index (χ1v) is 5.89. The highest BCUT2D eigenvalue weighted by Gasteiger charge is 2.22. The number of rotatable bonds is 2. The molecule has 1 nitrogen and oxygen atoms in total. The minimum Gasteiger partial charge on any atom is -0.309 e. The van der Waals surface area contributed by atoms with E-state index in [9.17, 15) is 0 Å². The summed E-state index contributed by atoms with van der Waals surface area (Å²) < 4.78 is 1.21. The molecule has 0 radical (unpaired) electrons. The van der Waals surface area contributed by atoms with E-state index in [0.717, 1.165) is 5.92 Å². The van der Waals surface area contributed by atoms with Gasteiger partial charge < -0.3 is 4.90 Å². The number of fused-ring (bicyclic) bond motifs is 1. The molecule has 2 rings (SSSR count). The van der Waals surface area contributed by atoms with Gasteiger partial charge in [-0.2, -0.15) is 0 Å². The fraction of sp³-hybridized carbons (Fsp3) is 0.500. The van der Waals surface area contributed by atoms with Crippen LogP contribution in [-0.2, 0) is 6.42 Å². The lowest BCUT2D eigenvalue weighted by molar-refractivity contribution is 0.372. The molecule has 1 aromatic rings. The zero-order valence-corrected chi connectivity index (χ0v) is 10.3. The monoisotopic (exact) mass is 253 g/mol. The number of aryl methyl sites for hydroxylation is 1. The predicted molar refractivity (Wildman–Crippen MR) is 63.8 cm³/mol.